The fourth-order valence-electron chi connectivity index (χ4n) is 1.92. The molecule has 0 saturated carbocycles. The van der Waals surface area contributed by atoms with E-state index in [1.54, 1.807) is 49.7 Å². The number of ether oxygens (including phenoxy) is 1. The summed E-state index contributed by atoms with van der Waals surface area (Å²) in [7, 11) is 1.59. The maximum atomic E-state index is 11.4. The van der Waals surface area contributed by atoms with Gasteiger partial charge >= 0.3 is 5.97 Å². The molecule has 2 aromatic rings. The van der Waals surface area contributed by atoms with Crippen LogP contribution in [0.25, 0.3) is 11.6 Å². The molecule has 0 bridgehead atoms. The minimum absolute atomic E-state index is 0.203. The van der Waals surface area contributed by atoms with Crippen molar-refractivity contribution in [2.24, 2.45) is 0 Å². The molecule has 0 aliphatic heterocycles. The molecule has 0 amide bonds. The van der Waals surface area contributed by atoms with E-state index in [9.17, 15) is 9.90 Å². The van der Waals surface area contributed by atoms with Crippen LogP contribution in [0.4, 0.5) is 0 Å². The lowest BCUT2D eigenvalue weighted by Crippen LogP contribution is -2.01. The number of carbonyl (C=O) groups is 1. The zero-order valence-electron chi connectivity index (χ0n) is 11.3. The molecule has 4 heteroatoms. The van der Waals surface area contributed by atoms with Crippen LogP contribution in [0.3, 0.4) is 0 Å². The Kier molecular flexibility index (Phi) is 4.15. The second kappa shape index (κ2) is 6.02. The number of methoxy groups -OCH3 is 1. The van der Waals surface area contributed by atoms with Crippen molar-refractivity contribution in [1.82, 2.24) is 4.98 Å². The van der Waals surface area contributed by atoms with Crippen LogP contribution in [-0.2, 0) is 4.79 Å². The first-order chi connectivity index (χ1) is 9.61. The summed E-state index contributed by atoms with van der Waals surface area (Å²) in [6.07, 6.45) is 3.19. The van der Waals surface area contributed by atoms with Crippen LogP contribution in [-0.4, -0.2) is 23.2 Å². The Morgan fingerprint density at radius 1 is 1.30 bits per heavy atom. The number of aromatic nitrogens is 1. The number of pyridine rings is 1. The molecule has 1 heterocycles. The van der Waals surface area contributed by atoms with Gasteiger partial charge in [0.15, 0.2) is 0 Å². The van der Waals surface area contributed by atoms with Crippen LogP contribution in [0.15, 0.2) is 42.6 Å². The highest BCUT2D eigenvalue weighted by atomic mass is 16.5. The summed E-state index contributed by atoms with van der Waals surface area (Å²) in [5.74, 6) is -0.253. The second-order valence-electron chi connectivity index (χ2n) is 4.30. The van der Waals surface area contributed by atoms with Crippen molar-refractivity contribution in [2.75, 3.05) is 7.11 Å². The standard InChI is InChI=1S/C16H15NO3/c1-11-9-12(6-7-15(11)20-2)14(16(18)19)10-13-5-3-4-8-17-13/h3-10H,1-2H3,(H,18,19)/b14-10-. The van der Waals surface area contributed by atoms with E-state index in [-0.39, 0.29) is 5.57 Å². The lowest BCUT2D eigenvalue weighted by Gasteiger charge is -2.08. The van der Waals surface area contributed by atoms with Gasteiger partial charge in [0.25, 0.3) is 0 Å². The van der Waals surface area contributed by atoms with Gasteiger partial charge in [-0.3, -0.25) is 4.98 Å². The third-order valence-electron chi connectivity index (χ3n) is 2.92. The number of carboxylic acids is 1. The predicted octanol–water partition coefficient (Wildman–Crippen LogP) is 3.02. The maximum absolute atomic E-state index is 11.4. The van der Waals surface area contributed by atoms with E-state index in [4.69, 9.17) is 4.74 Å². The fourth-order valence-corrected chi connectivity index (χ4v) is 1.92. The Morgan fingerprint density at radius 3 is 2.65 bits per heavy atom. The van der Waals surface area contributed by atoms with Crippen molar-refractivity contribution in [3.8, 4) is 5.75 Å². The molecule has 4 nitrogen and oxygen atoms in total. The Hall–Kier alpha value is -2.62. The van der Waals surface area contributed by atoms with Gasteiger partial charge in [-0.2, -0.15) is 0 Å². The third kappa shape index (κ3) is 3.03. The van der Waals surface area contributed by atoms with E-state index in [0.29, 0.717) is 11.3 Å². The number of carboxylic acid groups (broad SMARTS) is 1. The molecule has 2 rings (SSSR count). The first-order valence-electron chi connectivity index (χ1n) is 6.13. The number of hydrogen-bond acceptors (Lipinski definition) is 3. The molecule has 1 aromatic carbocycles. The zero-order chi connectivity index (χ0) is 14.5. The molecule has 102 valence electrons. The number of benzene rings is 1. The summed E-state index contributed by atoms with van der Waals surface area (Å²) in [6.45, 7) is 1.88. The van der Waals surface area contributed by atoms with E-state index in [0.717, 1.165) is 11.3 Å². The summed E-state index contributed by atoms with van der Waals surface area (Å²) in [5, 5.41) is 9.38. The first-order valence-corrected chi connectivity index (χ1v) is 6.13. The summed E-state index contributed by atoms with van der Waals surface area (Å²) in [6, 6.07) is 10.7. The van der Waals surface area contributed by atoms with Gasteiger partial charge in [-0.15, -0.1) is 0 Å². The minimum Gasteiger partial charge on any atom is -0.496 e. The fraction of sp³-hybridized carbons (Fsp3) is 0.125. The van der Waals surface area contributed by atoms with Gasteiger partial charge in [-0.1, -0.05) is 12.1 Å². The van der Waals surface area contributed by atoms with Crippen LogP contribution < -0.4 is 4.74 Å². The molecular formula is C16H15NO3. The highest BCUT2D eigenvalue weighted by Gasteiger charge is 2.12. The topological polar surface area (TPSA) is 59.4 Å². The van der Waals surface area contributed by atoms with Crippen molar-refractivity contribution >= 4 is 17.6 Å². The summed E-state index contributed by atoms with van der Waals surface area (Å²) < 4.78 is 5.18. The maximum Gasteiger partial charge on any atom is 0.336 e. The number of rotatable bonds is 4. The van der Waals surface area contributed by atoms with Crippen molar-refractivity contribution in [3.05, 3.63) is 59.4 Å². The van der Waals surface area contributed by atoms with Crippen molar-refractivity contribution in [2.45, 2.75) is 6.92 Å². The number of hydrogen-bond donors (Lipinski definition) is 1. The van der Waals surface area contributed by atoms with Crippen molar-refractivity contribution in [1.29, 1.82) is 0 Å². The lowest BCUT2D eigenvalue weighted by atomic mass is 10.0. The highest BCUT2D eigenvalue weighted by Crippen LogP contribution is 2.24. The number of nitrogens with zero attached hydrogens (tertiary/aromatic N) is 1. The quantitative estimate of drug-likeness (QED) is 0.867. The largest absolute Gasteiger partial charge is 0.496 e. The van der Waals surface area contributed by atoms with Gasteiger partial charge in [0, 0.05) is 6.20 Å². The molecular weight excluding hydrogens is 254 g/mol. The average molecular weight is 269 g/mol. The van der Waals surface area contributed by atoms with Crippen molar-refractivity contribution < 1.29 is 14.6 Å². The number of aliphatic carboxylic acids is 1. The van der Waals surface area contributed by atoms with Gasteiger partial charge in [-0.25, -0.2) is 4.79 Å². The van der Waals surface area contributed by atoms with Crippen LogP contribution >= 0.6 is 0 Å². The van der Waals surface area contributed by atoms with E-state index in [1.807, 2.05) is 13.0 Å². The molecule has 0 saturated heterocycles. The monoisotopic (exact) mass is 269 g/mol. The van der Waals surface area contributed by atoms with Gasteiger partial charge in [0.1, 0.15) is 5.75 Å². The Bertz CT molecular complexity index is 648. The summed E-state index contributed by atoms with van der Waals surface area (Å²) in [5.41, 5.74) is 2.33. The van der Waals surface area contributed by atoms with E-state index in [1.165, 1.54) is 0 Å². The minimum atomic E-state index is -0.986. The van der Waals surface area contributed by atoms with Gasteiger partial charge in [0.2, 0.25) is 0 Å². The van der Waals surface area contributed by atoms with Gasteiger partial charge in [0.05, 0.1) is 18.4 Å². The van der Waals surface area contributed by atoms with Crippen LogP contribution in [0, 0.1) is 6.92 Å². The second-order valence-corrected chi connectivity index (χ2v) is 4.30. The van der Waals surface area contributed by atoms with Crippen LogP contribution in [0.1, 0.15) is 16.8 Å². The molecule has 0 spiro atoms. The Labute approximate surface area is 117 Å². The SMILES string of the molecule is COc1ccc(/C(=C/c2ccccn2)C(=O)O)cc1C. The van der Waals surface area contributed by atoms with Crippen LogP contribution in [0.5, 0.6) is 5.75 Å². The molecule has 0 unspecified atom stereocenters. The van der Waals surface area contributed by atoms with Gasteiger partial charge in [-0.05, 0) is 48.4 Å². The van der Waals surface area contributed by atoms with E-state index < -0.39 is 5.97 Å². The molecule has 20 heavy (non-hydrogen) atoms. The smallest absolute Gasteiger partial charge is 0.336 e. The van der Waals surface area contributed by atoms with E-state index in [2.05, 4.69) is 4.98 Å². The Balaban J connectivity index is 2.47. The predicted molar refractivity (Wildman–Crippen MR) is 77.5 cm³/mol. The third-order valence-corrected chi connectivity index (χ3v) is 2.92. The van der Waals surface area contributed by atoms with E-state index >= 15 is 0 Å². The normalized spacial score (nSPS) is 11.2. The summed E-state index contributed by atoms with van der Waals surface area (Å²) in [4.78, 5) is 15.6. The molecule has 0 radical (unpaired) electrons. The van der Waals surface area contributed by atoms with Crippen LogP contribution in [0.2, 0.25) is 0 Å². The highest BCUT2D eigenvalue weighted by molar-refractivity contribution is 6.20. The molecule has 1 N–H and O–H groups in total. The zero-order valence-corrected chi connectivity index (χ0v) is 11.3. The molecule has 0 atom stereocenters. The van der Waals surface area contributed by atoms with Crippen molar-refractivity contribution in [3.63, 3.8) is 0 Å². The molecule has 1 aromatic heterocycles. The number of aryl methyl sites for hydroxylation is 1. The average Bonchev–Trinajstić information content (AvgIpc) is 2.45. The molecule has 0 aliphatic carbocycles. The summed E-state index contributed by atoms with van der Waals surface area (Å²) >= 11 is 0. The Morgan fingerprint density at radius 2 is 2.10 bits per heavy atom. The first kappa shape index (κ1) is 13.8. The molecule has 0 fully saturated rings. The lowest BCUT2D eigenvalue weighted by molar-refractivity contribution is -0.130. The molecule has 0 aliphatic rings. The van der Waals surface area contributed by atoms with Gasteiger partial charge < -0.3 is 9.84 Å².